The third-order valence-corrected chi connectivity index (χ3v) is 3.20. The molecule has 6 nitrogen and oxygen atoms in total. The van der Waals surface area contributed by atoms with Crippen LogP contribution in [0.5, 0.6) is 0 Å². The molecule has 1 fully saturated rings. The van der Waals surface area contributed by atoms with E-state index in [0.29, 0.717) is 24.6 Å². The molecule has 2 rings (SSSR count). The fourth-order valence-corrected chi connectivity index (χ4v) is 2.06. The minimum absolute atomic E-state index is 0.0843. The number of carbonyl (C=O) groups is 1. The first-order chi connectivity index (χ1) is 8.72. The molecule has 0 spiro atoms. The van der Waals surface area contributed by atoms with Crippen molar-refractivity contribution >= 4 is 11.6 Å². The number of anilines is 1. The second kappa shape index (κ2) is 5.79. The number of hydrogen-bond donors (Lipinski definition) is 2. The van der Waals surface area contributed by atoms with Crippen LogP contribution in [0.25, 0.3) is 0 Å². The van der Waals surface area contributed by atoms with E-state index in [1.165, 1.54) is 0 Å². The van der Waals surface area contributed by atoms with Crippen molar-refractivity contribution in [1.82, 2.24) is 9.88 Å². The lowest BCUT2D eigenvalue weighted by molar-refractivity contribution is 0.0359. The van der Waals surface area contributed by atoms with Crippen LogP contribution in [0.1, 0.15) is 23.3 Å². The van der Waals surface area contributed by atoms with Gasteiger partial charge < -0.3 is 15.1 Å². The van der Waals surface area contributed by atoms with Gasteiger partial charge in [-0.25, -0.2) is 0 Å². The molecule has 0 saturated carbocycles. The first-order valence-electron chi connectivity index (χ1n) is 6.00. The van der Waals surface area contributed by atoms with Gasteiger partial charge in [-0.1, -0.05) is 0 Å². The van der Waals surface area contributed by atoms with Gasteiger partial charge in [0, 0.05) is 32.5 Å². The molecule has 0 aliphatic carbocycles. The lowest BCUT2D eigenvalue weighted by Gasteiger charge is -2.31. The lowest BCUT2D eigenvalue weighted by atomic mass is 10.1. The number of carbonyl (C=O) groups excluding carboxylic acids is 1. The molecule has 1 aromatic rings. The van der Waals surface area contributed by atoms with E-state index in [-0.39, 0.29) is 11.9 Å². The first kappa shape index (κ1) is 12.8. The minimum Gasteiger partial charge on any atom is -0.381 e. The zero-order chi connectivity index (χ0) is 13.0. The van der Waals surface area contributed by atoms with Crippen LogP contribution in [0.2, 0.25) is 0 Å². The molecule has 0 bridgehead atoms. The van der Waals surface area contributed by atoms with Crippen LogP contribution >= 0.6 is 0 Å². The average Bonchev–Trinajstić information content (AvgIpc) is 2.46. The van der Waals surface area contributed by atoms with Gasteiger partial charge in [0.05, 0.1) is 5.69 Å². The van der Waals surface area contributed by atoms with E-state index in [9.17, 15) is 4.79 Å². The number of rotatable bonds is 3. The van der Waals surface area contributed by atoms with Gasteiger partial charge in [-0.3, -0.25) is 15.6 Å². The number of hydrazine groups is 1. The molecule has 1 saturated heterocycles. The SMILES string of the molecule is CN(C(=O)c1cc(NN)ccn1)C1CCOCC1. The fourth-order valence-electron chi connectivity index (χ4n) is 2.06. The summed E-state index contributed by atoms with van der Waals surface area (Å²) in [6, 6.07) is 3.59. The standard InChI is InChI=1S/C12H18N4O2/c1-16(10-3-6-18-7-4-10)12(17)11-8-9(15-13)2-5-14-11/h2,5,8,10H,3-4,6-7,13H2,1H3,(H,14,15). The van der Waals surface area contributed by atoms with Crippen molar-refractivity contribution in [3.05, 3.63) is 24.0 Å². The largest absolute Gasteiger partial charge is 0.381 e. The predicted octanol–water partition coefficient (Wildman–Crippen LogP) is 0.618. The van der Waals surface area contributed by atoms with E-state index in [2.05, 4.69) is 10.4 Å². The molecule has 1 aliphatic rings. The summed E-state index contributed by atoms with van der Waals surface area (Å²) in [5, 5.41) is 0. The van der Waals surface area contributed by atoms with Crippen LogP contribution in [0.4, 0.5) is 5.69 Å². The van der Waals surface area contributed by atoms with E-state index < -0.39 is 0 Å². The quantitative estimate of drug-likeness (QED) is 0.607. The number of nitrogens with two attached hydrogens (primary N) is 1. The van der Waals surface area contributed by atoms with Crippen LogP contribution < -0.4 is 11.3 Å². The van der Waals surface area contributed by atoms with Crippen LogP contribution in [-0.2, 0) is 4.74 Å². The number of ether oxygens (including phenoxy) is 1. The van der Waals surface area contributed by atoms with Crippen LogP contribution in [0, 0.1) is 0 Å². The van der Waals surface area contributed by atoms with E-state index in [4.69, 9.17) is 10.6 Å². The maximum absolute atomic E-state index is 12.3. The summed E-state index contributed by atoms with van der Waals surface area (Å²) in [7, 11) is 1.81. The molecular weight excluding hydrogens is 232 g/mol. The Morgan fingerprint density at radius 1 is 1.56 bits per heavy atom. The second-order valence-corrected chi connectivity index (χ2v) is 4.33. The number of amides is 1. The third-order valence-electron chi connectivity index (χ3n) is 3.20. The molecule has 98 valence electrons. The number of hydrogen-bond acceptors (Lipinski definition) is 5. The normalized spacial score (nSPS) is 16.3. The van der Waals surface area contributed by atoms with Gasteiger partial charge in [-0.05, 0) is 25.0 Å². The Kier molecular flexibility index (Phi) is 4.11. The van der Waals surface area contributed by atoms with Gasteiger partial charge >= 0.3 is 0 Å². The molecule has 6 heteroatoms. The molecule has 1 amide bonds. The monoisotopic (exact) mass is 250 g/mol. The van der Waals surface area contributed by atoms with Crippen molar-refractivity contribution < 1.29 is 9.53 Å². The summed E-state index contributed by atoms with van der Waals surface area (Å²) in [4.78, 5) is 18.1. The van der Waals surface area contributed by atoms with Crippen molar-refractivity contribution in [2.24, 2.45) is 5.84 Å². The van der Waals surface area contributed by atoms with Gasteiger partial charge in [0.2, 0.25) is 0 Å². The van der Waals surface area contributed by atoms with Gasteiger partial charge in [-0.15, -0.1) is 0 Å². The zero-order valence-corrected chi connectivity index (χ0v) is 10.4. The smallest absolute Gasteiger partial charge is 0.272 e. The molecule has 0 aromatic carbocycles. The van der Waals surface area contributed by atoms with Crippen LogP contribution in [0.3, 0.4) is 0 Å². The Bertz CT molecular complexity index is 418. The summed E-state index contributed by atoms with van der Waals surface area (Å²) >= 11 is 0. The fraction of sp³-hybridized carbons (Fsp3) is 0.500. The van der Waals surface area contributed by atoms with Gasteiger partial charge in [0.15, 0.2) is 0 Å². The molecule has 1 aliphatic heterocycles. The molecular formula is C12H18N4O2. The summed E-state index contributed by atoms with van der Waals surface area (Å²) in [6.45, 7) is 1.42. The molecule has 2 heterocycles. The van der Waals surface area contributed by atoms with Gasteiger partial charge in [-0.2, -0.15) is 0 Å². The summed E-state index contributed by atoms with van der Waals surface area (Å²) in [5.74, 6) is 5.23. The maximum Gasteiger partial charge on any atom is 0.272 e. The lowest BCUT2D eigenvalue weighted by Crippen LogP contribution is -2.40. The Hall–Kier alpha value is -1.66. The Morgan fingerprint density at radius 3 is 2.94 bits per heavy atom. The van der Waals surface area contributed by atoms with E-state index in [1.54, 1.807) is 23.2 Å². The highest BCUT2D eigenvalue weighted by Gasteiger charge is 2.24. The molecule has 0 atom stereocenters. The summed E-state index contributed by atoms with van der Waals surface area (Å²) in [5.41, 5.74) is 3.59. The van der Waals surface area contributed by atoms with E-state index >= 15 is 0 Å². The van der Waals surface area contributed by atoms with E-state index in [1.807, 2.05) is 7.05 Å². The molecule has 3 N–H and O–H groups in total. The van der Waals surface area contributed by atoms with Crippen LogP contribution in [0.15, 0.2) is 18.3 Å². The first-order valence-corrected chi connectivity index (χ1v) is 6.00. The van der Waals surface area contributed by atoms with Crippen molar-refractivity contribution in [2.45, 2.75) is 18.9 Å². The zero-order valence-electron chi connectivity index (χ0n) is 10.4. The third kappa shape index (κ3) is 2.77. The van der Waals surface area contributed by atoms with Crippen molar-refractivity contribution in [1.29, 1.82) is 0 Å². The highest BCUT2D eigenvalue weighted by Crippen LogP contribution is 2.16. The Morgan fingerprint density at radius 2 is 2.28 bits per heavy atom. The maximum atomic E-state index is 12.3. The molecule has 0 unspecified atom stereocenters. The molecule has 0 radical (unpaired) electrons. The number of nitrogens with one attached hydrogen (secondary N) is 1. The highest BCUT2D eigenvalue weighted by atomic mass is 16.5. The second-order valence-electron chi connectivity index (χ2n) is 4.33. The molecule has 18 heavy (non-hydrogen) atoms. The highest BCUT2D eigenvalue weighted by molar-refractivity contribution is 5.93. The number of nitrogens with zero attached hydrogens (tertiary/aromatic N) is 2. The number of aromatic nitrogens is 1. The van der Waals surface area contributed by atoms with E-state index in [0.717, 1.165) is 12.8 Å². The summed E-state index contributed by atoms with van der Waals surface area (Å²) < 4.78 is 5.29. The Balaban J connectivity index is 2.09. The summed E-state index contributed by atoms with van der Waals surface area (Å²) in [6.07, 6.45) is 3.31. The van der Waals surface area contributed by atoms with Crippen molar-refractivity contribution in [3.8, 4) is 0 Å². The minimum atomic E-state index is -0.0843. The topological polar surface area (TPSA) is 80.5 Å². The van der Waals surface area contributed by atoms with Crippen molar-refractivity contribution in [3.63, 3.8) is 0 Å². The van der Waals surface area contributed by atoms with Gasteiger partial charge in [0.1, 0.15) is 5.69 Å². The van der Waals surface area contributed by atoms with Crippen molar-refractivity contribution in [2.75, 3.05) is 25.7 Å². The number of pyridine rings is 1. The predicted molar refractivity (Wildman–Crippen MR) is 68.0 cm³/mol. The van der Waals surface area contributed by atoms with Crippen LogP contribution in [-0.4, -0.2) is 42.1 Å². The van der Waals surface area contributed by atoms with Gasteiger partial charge in [0.25, 0.3) is 5.91 Å². The molecule has 1 aromatic heterocycles. The Labute approximate surface area is 106 Å². The average molecular weight is 250 g/mol. The number of nitrogen functional groups attached to an aromatic ring is 1.